The maximum absolute atomic E-state index is 7.43. The molecule has 0 bridgehead atoms. The monoisotopic (exact) mass is 218 g/mol. The Labute approximate surface area is 86.2 Å². The molecule has 0 aromatic carbocycles. The Bertz CT molecular complexity index is 328. The van der Waals surface area contributed by atoms with E-state index in [0.29, 0.717) is 22.3 Å². The number of aromatic nitrogens is 1. The Kier molecular flexibility index (Phi) is 3.51. The van der Waals surface area contributed by atoms with Crippen molar-refractivity contribution in [2.45, 2.75) is 6.92 Å². The molecule has 1 aromatic rings. The highest BCUT2D eigenvalue weighted by Gasteiger charge is 2.09. The standard InChI is InChI=1S/C8H8Cl2N2O/c1-2-13-8(11)7-6(10)3-5(9)4-12-7/h3-4,11H,2H2,1H3. The number of ether oxygens (including phenoxy) is 1. The number of hydrogen-bond donors (Lipinski definition) is 1. The van der Waals surface area contributed by atoms with Gasteiger partial charge in [-0.05, 0) is 13.0 Å². The van der Waals surface area contributed by atoms with Gasteiger partial charge in [0.2, 0.25) is 5.90 Å². The highest BCUT2D eigenvalue weighted by atomic mass is 35.5. The smallest absolute Gasteiger partial charge is 0.233 e. The summed E-state index contributed by atoms with van der Waals surface area (Å²) < 4.78 is 4.94. The number of nitrogens with zero attached hydrogens (tertiary/aromatic N) is 1. The second-order valence-corrected chi connectivity index (χ2v) is 3.09. The first-order valence-corrected chi connectivity index (χ1v) is 4.43. The van der Waals surface area contributed by atoms with Crippen molar-refractivity contribution >= 4 is 29.1 Å². The fourth-order valence-corrected chi connectivity index (χ4v) is 1.26. The third kappa shape index (κ3) is 2.57. The molecule has 1 heterocycles. The van der Waals surface area contributed by atoms with Gasteiger partial charge in [0, 0.05) is 6.20 Å². The lowest BCUT2D eigenvalue weighted by molar-refractivity contribution is 0.324. The summed E-state index contributed by atoms with van der Waals surface area (Å²) in [6.07, 6.45) is 1.43. The maximum Gasteiger partial charge on any atom is 0.233 e. The molecule has 5 heteroatoms. The van der Waals surface area contributed by atoms with Crippen LogP contribution in [0.5, 0.6) is 0 Å². The van der Waals surface area contributed by atoms with Crippen LogP contribution in [0.1, 0.15) is 12.6 Å². The van der Waals surface area contributed by atoms with Crippen LogP contribution in [0, 0.1) is 5.41 Å². The average molecular weight is 219 g/mol. The number of pyridine rings is 1. The topological polar surface area (TPSA) is 46.0 Å². The first kappa shape index (κ1) is 10.3. The van der Waals surface area contributed by atoms with Crippen molar-refractivity contribution in [2.75, 3.05) is 6.61 Å². The molecule has 0 atom stereocenters. The van der Waals surface area contributed by atoms with Crippen molar-refractivity contribution in [3.63, 3.8) is 0 Å². The summed E-state index contributed by atoms with van der Waals surface area (Å²) in [5, 5.41) is 8.20. The van der Waals surface area contributed by atoms with Crippen molar-refractivity contribution in [3.8, 4) is 0 Å². The van der Waals surface area contributed by atoms with Crippen LogP contribution in [-0.4, -0.2) is 17.5 Å². The van der Waals surface area contributed by atoms with Crippen molar-refractivity contribution in [1.82, 2.24) is 4.98 Å². The summed E-state index contributed by atoms with van der Waals surface area (Å²) in [6, 6.07) is 1.53. The van der Waals surface area contributed by atoms with E-state index in [1.165, 1.54) is 12.3 Å². The Hall–Kier alpha value is -0.800. The molecular formula is C8H8Cl2N2O. The molecule has 0 aliphatic rings. The molecule has 0 aliphatic heterocycles. The SMILES string of the molecule is CCOC(=N)c1ncc(Cl)cc1Cl. The van der Waals surface area contributed by atoms with E-state index in [1.807, 2.05) is 0 Å². The second kappa shape index (κ2) is 4.44. The van der Waals surface area contributed by atoms with Gasteiger partial charge >= 0.3 is 0 Å². The summed E-state index contributed by atoms with van der Waals surface area (Å²) in [6.45, 7) is 2.21. The van der Waals surface area contributed by atoms with E-state index in [2.05, 4.69) is 4.98 Å². The Morgan fingerprint density at radius 2 is 2.31 bits per heavy atom. The number of rotatable bonds is 2. The minimum absolute atomic E-state index is 0.0378. The van der Waals surface area contributed by atoms with Gasteiger partial charge in [-0.1, -0.05) is 23.2 Å². The molecule has 13 heavy (non-hydrogen) atoms. The molecule has 1 N–H and O–H groups in total. The van der Waals surface area contributed by atoms with Crippen LogP contribution in [0.2, 0.25) is 10.0 Å². The van der Waals surface area contributed by atoms with E-state index in [9.17, 15) is 0 Å². The zero-order chi connectivity index (χ0) is 9.84. The van der Waals surface area contributed by atoms with Gasteiger partial charge in [0.15, 0.2) is 0 Å². The largest absolute Gasteiger partial charge is 0.477 e. The van der Waals surface area contributed by atoms with Crippen molar-refractivity contribution in [1.29, 1.82) is 5.41 Å². The van der Waals surface area contributed by atoms with Crippen molar-refractivity contribution in [3.05, 3.63) is 28.0 Å². The molecule has 0 unspecified atom stereocenters. The zero-order valence-corrected chi connectivity index (χ0v) is 8.49. The molecule has 70 valence electrons. The van der Waals surface area contributed by atoms with Crippen molar-refractivity contribution < 1.29 is 4.74 Å². The maximum atomic E-state index is 7.43. The van der Waals surface area contributed by atoms with E-state index in [4.69, 9.17) is 33.3 Å². The molecule has 1 rings (SSSR count). The van der Waals surface area contributed by atoms with Crippen LogP contribution in [0.4, 0.5) is 0 Å². The summed E-state index contributed by atoms with van der Waals surface area (Å²) in [7, 11) is 0. The van der Waals surface area contributed by atoms with Crippen LogP contribution < -0.4 is 0 Å². The first-order valence-electron chi connectivity index (χ1n) is 3.68. The minimum atomic E-state index is -0.0378. The lowest BCUT2D eigenvalue weighted by atomic mass is 10.3. The van der Waals surface area contributed by atoms with Crippen molar-refractivity contribution in [2.24, 2.45) is 0 Å². The first-order chi connectivity index (χ1) is 6.15. The third-order valence-electron chi connectivity index (χ3n) is 1.31. The molecule has 0 amide bonds. The normalized spacial score (nSPS) is 9.77. The van der Waals surface area contributed by atoms with E-state index >= 15 is 0 Å². The van der Waals surface area contributed by atoms with Gasteiger partial charge < -0.3 is 4.74 Å². The molecule has 0 saturated carbocycles. The molecule has 0 saturated heterocycles. The lowest BCUT2D eigenvalue weighted by Gasteiger charge is -2.05. The Morgan fingerprint density at radius 3 is 2.85 bits per heavy atom. The molecule has 0 aliphatic carbocycles. The summed E-state index contributed by atoms with van der Waals surface area (Å²) in [5.41, 5.74) is 0.313. The van der Waals surface area contributed by atoms with Gasteiger partial charge in [-0.3, -0.25) is 5.41 Å². The zero-order valence-electron chi connectivity index (χ0n) is 6.97. The van der Waals surface area contributed by atoms with Gasteiger partial charge in [0.25, 0.3) is 0 Å². The number of hydrogen-bond acceptors (Lipinski definition) is 3. The molecule has 1 aromatic heterocycles. The predicted octanol–water partition coefficient (Wildman–Crippen LogP) is 2.75. The Morgan fingerprint density at radius 1 is 1.62 bits per heavy atom. The van der Waals surface area contributed by atoms with E-state index in [0.717, 1.165) is 0 Å². The summed E-state index contributed by atoms with van der Waals surface area (Å²) in [5.74, 6) is -0.0378. The van der Waals surface area contributed by atoms with E-state index in [-0.39, 0.29) is 5.90 Å². The van der Waals surface area contributed by atoms with Crippen LogP contribution >= 0.6 is 23.2 Å². The minimum Gasteiger partial charge on any atom is -0.477 e. The van der Waals surface area contributed by atoms with Gasteiger partial charge in [-0.2, -0.15) is 0 Å². The van der Waals surface area contributed by atoms with E-state index in [1.54, 1.807) is 6.92 Å². The van der Waals surface area contributed by atoms with Crippen LogP contribution in [0.3, 0.4) is 0 Å². The van der Waals surface area contributed by atoms with Crippen LogP contribution in [-0.2, 0) is 4.74 Å². The molecule has 0 fully saturated rings. The quantitative estimate of drug-likeness (QED) is 0.613. The molecule has 0 radical (unpaired) electrons. The van der Waals surface area contributed by atoms with Crippen LogP contribution in [0.25, 0.3) is 0 Å². The molecule has 0 spiro atoms. The van der Waals surface area contributed by atoms with Gasteiger partial charge in [-0.15, -0.1) is 0 Å². The van der Waals surface area contributed by atoms with Crippen LogP contribution in [0.15, 0.2) is 12.3 Å². The highest BCUT2D eigenvalue weighted by Crippen LogP contribution is 2.18. The number of halogens is 2. The summed E-state index contributed by atoms with van der Waals surface area (Å²) >= 11 is 11.4. The average Bonchev–Trinajstić information content (AvgIpc) is 2.04. The predicted molar refractivity (Wildman–Crippen MR) is 52.7 cm³/mol. The third-order valence-corrected chi connectivity index (χ3v) is 1.81. The van der Waals surface area contributed by atoms with E-state index < -0.39 is 0 Å². The van der Waals surface area contributed by atoms with Gasteiger partial charge in [0.1, 0.15) is 5.69 Å². The molecule has 3 nitrogen and oxygen atoms in total. The Balaban J connectivity index is 2.95. The highest BCUT2D eigenvalue weighted by molar-refractivity contribution is 6.36. The molecular weight excluding hydrogens is 211 g/mol. The summed E-state index contributed by atoms with van der Waals surface area (Å²) in [4.78, 5) is 3.88. The fraction of sp³-hybridized carbons (Fsp3) is 0.250. The number of nitrogens with one attached hydrogen (secondary N) is 1. The fourth-order valence-electron chi connectivity index (χ4n) is 0.794. The van der Waals surface area contributed by atoms with Gasteiger partial charge in [0.05, 0.1) is 16.7 Å². The second-order valence-electron chi connectivity index (χ2n) is 2.25. The van der Waals surface area contributed by atoms with Gasteiger partial charge in [-0.25, -0.2) is 4.98 Å². The lowest BCUT2D eigenvalue weighted by Crippen LogP contribution is -2.07.